The van der Waals surface area contributed by atoms with E-state index in [0.29, 0.717) is 0 Å². The maximum absolute atomic E-state index is 12.6. The van der Waals surface area contributed by atoms with Crippen molar-refractivity contribution >= 4 is 5.97 Å². The molecular formula is C9H10FNO4. The van der Waals surface area contributed by atoms with Gasteiger partial charge in [0.2, 0.25) is 5.95 Å². The largest absolute Gasteiger partial charge is 0.479 e. The van der Waals surface area contributed by atoms with E-state index in [1.807, 2.05) is 0 Å². The number of aromatic nitrogens is 1. The molecule has 0 aromatic carbocycles. The molecule has 82 valence electrons. The Morgan fingerprint density at radius 1 is 1.47 bits per heavy atom. The molecule has 0 amide bonds. The van der Waals surface area contributed by atoms with Crippen molar-refractivity contribution in [3.05, 3.63) is 29.3 Å². The monoisotopic (exact) mass is 215 g/mol. The zero-order valence-corrected chi connectivity index (χ0v) is 7.88. The third-order valence-corrected chi connectivity index (χ3v) is 1.96. The molecule has 0 saturated heterocycles. The van der Waals surface area contributed by atoms with Gasteiger partial charge in [0, 0.05) is 11.3 Å². The summed E-state index contributed by atoms with van der Waals surface area (Å²) in [5.74, 6) is -2.28. The SMILES string of the molecule is Cc1nc(F)ccc1C(O)C(O)C(=O)O. The van der Waals surface area contributed by atoms with Crippen LogP contribution in [-0.2, 0) is 4.79 Å². The molecule has 0 spiro atoms. The van der Waals surface area contributed by atoms with Gasteiger partial charge in [0.05, 0.1) is 0 Å². The molecule has 0 bridgehead atoms. The highest BCUT2D eigenvalue weighted by Gasteiger charge is 2.26. The number of aliphatic carboxylic acids is 1. The molecule has 0 aliphatic heterocycles. The third kappa shape index (κ3) is 2.48. The van der Waals surface area contributed by atoms with Gasteiger partial charge >= 0.3 is 5.97 Å². The highest BCUT2D eigenvalue weighted by atomic mass is 19.1. The molecule has 2 unspecified atom stereocenters. The maximum atomic E-state index is 12.6. The fourth-order valence-electron chi connectivity index (χ4n) is 1.16. The molecule has 1 heterocycles. The fraction of sp³-hybridized carbons (Fsp3) is 0.333. The first kappa shape index (κ1) is 11.5. The lowest BCUT2D eigenvalue weighted by Crippen LogP contribution is -2.28. The molecule has 0 radical (unpaired) electrons. The van der Waals surface area contributed by atoms with Crippen molar-refractivity contribution in [3.8, 4) is 0 Å². The molecule has 0 aliphatic rings. The lowest BCUT2D eigenvalue weighted by Gasteiger charge is -2.15. The fourth-order valence-corrected chi connectivity index (χ4v) is 1.16. The average Bonchev–Trinajstić information content (AvgIpc) is 2.15. The van der Waals surface area contributed by atoms with Crippen molar-refractivity contribution in [2.75, 3.05) is 0 Å². The maximum Gasteiger partial charge on any atom is 0.335 e. The van der Waals surface area contributed by atoms with Gasteiger partial charge in [0.25, 0.3) is 0 Å². The van der Waals surface area contributed by atoms with E-state index in [9.17, 15) is 14.3 Å². The van der Waals surface area contributed by atoms with Crippen LogP contribution in [0.4, 0.5) is 4.39 Å². The van der Waals surface area contributed by atoms with Gasteiger partial charge in [-0.3, -0.25) is 0 Å². The van der Waals surface area contributed by atoms with E-state index in [4.69, 9.17) is 10.2 Å². The molecular weight excluding hydrogens is 205 g/mol. The van der Waals surface area contributed by atoms with E-state index in [1.165, 1.54) is 13.0 Å². The quantitative estimate of drug-likeness (QED) is 0.618. The van der Waals surface area contributed by atoms with Crippen LogP contribution in [0.5, 0.6) is 0 Å². The van der Waals surface area contributed by atoms with Gasteiger partial charge in [-0.1, -0.05) is 0 Å². The Morgan fingerprint density at radius 2 is 2.07 bits per heavy atom. The smallest absolute Gasteiger partial charge is 0.335 e. The summed E-state index contributed by atoms with van der Waals surface area (Å²) >= 11 is 0. The average molecular weight is 215 g/mol. The van der Waals surface area contributed by atoms with E-state index in [1.54, 1.807) is 0 Å². The van der Waals surface area contributed by atoms with Crippen molar-refractivity contribution < 1.29 is 24.5 Å². The molecule has 3 N–H and O–H groups in total. The molecule has 1 aromatic heterocycles. The van der Waals surface area contributed by atoms with Crippen molar-refractivity contribution in [2.24, 2.45) is 0 Å². The first-order valence-electron chi connectivity index (χ1n) is 4.15. The number of aliphatic hydroxyl groups is 2. The summed E-state index contributed by atoms with van der Waals surface area (Å²) in [5, 5.41) is 27.0. The minimum absolute atomic E-state index is 0.0892. The standard InChI is InChI=1S/C9H10FNO4/c1-4-5(2-3-6(10)11-4)7(12)8(13)9(14)15/h2-3,7-8,12-13H,1H3,(H,14,15). The van der Waals surface area contributed by atoms with Crippen LogP contribution in [-0.4, -0.2) is 32.4 Å². The Kier molecular flexibility index (Phi) is 3.33. The molecule has 1 rings (SSSR count). The highest BCUT2D eigenvalue weighted by Crippen LogP contribution is 2.19. The number of carbonyl (C=O) groups is 1. The van der Waals surface area contributed by atoms with Crippen molar-refractivity contribution in [3.63, 3.8) is 0 Å². The topological polar surface area (TPSA) is 90.7 Å². The lowest BCUT2D eigenvalue weighted by atomic mass is 10.0. The van der Waals surface area contributed by atoms with Gasteiger partial charge in [-0.2, -0.15) is 4.39 Å². The number of carboxylic acids is 1. The van der Waals surface area contributed by atoms with Crippen LogP contribution in [0, 0.1) is 12.9 Å². The summed E-state index contributed by atoms with van der Waals surface area (Å²) in [7, 11) is 0. The highest BCUT2D eigenvalue weighted by molar-refractivity contribution is 5.73. The van der Waals surface area contributed by atoms with Crippen molar-refractivity contribution in [1.82, 2.24) is 4.98 Å². The van der Waals surface area contributed by atoms with Gasteiger partial charge in [-0.25, -0.2) is 9.78 Å². The lowest BCUT2D eigenvalue weighted by molar-refractivity contribution is -0.153. The minimum Gasteiger partial charge on any atom is -0.479 e. The number of rotatable bonds is 3. The summed E-state index contributed by atoms with van der Waals surface area (Å²) < 4.78 is 12.6. The van der Waals surface area contributed by atoms with Crippen LogP contribution in [0.2, 0.25) is 0 Å². The van der Waals surface area contributed by atoms with Crippen LogP contribution < -0.4 is 0 Å². The van der Waals surface area contributed by atoms with E-state index in [-0.39, 0.29) is 11.3 Å². The van der Waals surface area contributed by atoms with Gasteiger partial charge in [0.15, 0.2) is 6.10 Å². The van der Waals surface area contributed by atoms with E-state index < -0.39 is 24.1 Å². The molecule has 1 aromatic rings. The number of aliphatic hydroxyl groups excluding tert-OH is 2. The van der Waals surface area contributed by atoms with Gasteiger partial charge < -0.3 is 15.3 Å². The summed E-state index contributed by atoms with van der Waals surface area (Å²) in [6.45, 7) is 1.41. The molecule has 0 fully saturated rings. The molecule has 0 aliphatic carbocycles. The van der Waals surface area contributed by atoms with Gasteiger partial charge in [-0.05, 0) is 19.1 Å². The van der Waals surface area contributed by atoms with E-state index in [0.717, 1.165) is 6.07 Å². The number of carboxylic acid groups (broad SMARTS) is 1. The Morgan fingerprint density at radius 3 is 2.53 bits per heavy atom. The second-order valence-electron chi connectivity index (χ2n) is 3.04. The Labute approximate surface area is 84.8 Å². The van der Waals surface area contributed by atoms with Crippen LogP contribution in [0.25, 0.3) is 0 Å². The predicted molar refractivity (Wildman–Crippen MR) is 47.5 cm³/mol. The van der Waals surface area contributed by atoms with Crippen molar-refractivity contribution in [2.45, 2.75) is 19.1 Å². The molecule has 15 heavy (non-hydrogen) atoms. The summed E-state index contributed by atoms with van der Waals surface area (Å²) in [6.07, 6.45) is -3.56. The second kappa shape index (κ2) is 4.33. The molecule has 5 nitrogen and oxygen atoms in total. The van der Waals surface area contributed by atoms with Gasteiger partial charge in [0.1, 0.15) is 6.10 Å². The number of halogens is 1. The second-order valence-corrected chi connectivity index (χ2v) is 3.04. The number of aryl methyl sites for hydroxylation is 1. The van der Waals surface area contributed by atoms with Crippen LogP contribution >= 0.6 is 0 Å². The predicted octanol–water partition coefficient (Wildman–Crippen LogP) is 0.00802. The Balaban J connectivity index is 3.01. The molecule has 0 saturated carbocycles. The van der Waals surface area contributed by atoms with Crippen LogP contribution in [0.3, 0.4) is 0 Å². The zero-order chi connectivity index (χ0) is 11.6. The summed E-state index contributed by atoms with van der Waals surface area (Å²) in [5.41, 5.74) is 0.231. The zero-order valence-electron chi connectivity index (χ0n) is 7.88. The summed E-state index contributed by atoms with van der Waals surface area (Å²) in [6, 6.07) is 2.18. The Hall–Kier alpha value is -1.53. The van der Waals surface area contributed by atoms with E-state index in [2.05, 4.69) is 4.98 Å². The normalized spacial score (nSPS) is 14.7. The van der Waals surface area contributed by atoms with Crippen molar-refractivity contribution in [1.29, 1.82) is 0 Å². The van der Waals surface area contributed by atoms with Crippen LogP contribution in [0.15, 0.2) is 12.1 Å². The van der Waals surface area contributed by atoms with Gasteiger partial charge in [-0.15, -0.1) is 0 Å². The van der Waals surface area contributed by atoms with E-state index >= 15 is 0 Å². The first-order valence-corrected chi connectivity index (χ1v) is 4.15. The number of pyridine rings is 1. The number of hydrogen-bond acceptors (Lipinski definition) is 4. The number of hydrogen-bond donors (Lipinski definition) is 3. The first-order chi connectivity index (χ1) is 6.93. The van der Waals surface area contributed by atoms with Crippen LogP contribution in [0.1, 0.15) is 17.4 Å². The number of nitrogens with zero attached hydrogens (tertiary/aromatic N) is 1. The third-order valence-electron chi connectivity index (χ3n) is 1.96. The molecule has 2 atom stereocenters. The molecule has 6 heteroatoms. The Bertz CT molecular complexity index is 382. The minimum atomic E-state index is -1.95. The summed E-state index contributed by atoms with van der Waals surface area (Å²) in [4.78, 5) is 13.8.